The molecule has 4 unspecified atom stereocenters. The average Bonchev–Trinajstić information content (AvgIpc) is 2.95. The SMILES string of the molecule is Cc1ccc(C2NC(c3ccc(C)cc3)C3C(=NO)C2C(c2ccc(C)cc2)NC3c2ccc(C)cc2)cc1. The van der Waals surface area contributed by atoms with E-state index in [9.17, 15) is 5.21 Å². The molecule has 2 aliphatic heterocycles. The maximum absolute atomic E-state index is 10.8. The first kappa shape index (κ1) is 25.5. The maximum Gasteiger partial charge on any atom is 0.0708 e. The summed E-state index contributed by atoms with van der Waals surface area (Å²) in [4.78, 5) is 0. The zero-order valence-corrected chi connectivity index (χ0v) is 23.1. The Labute approximate surface area is 231 Å². The first-order chi connectivity index (χ1) is 18.9. The van der Waals surface area contributed by atoms with Crippen LogP contribution in [0, 0.1) is 39.5 Å². The quantitative estimate of drug-likeness (QED) is 0.195. The zero-order chi connectivity index (χ0) is 27.1. The molecule has 0 aromatic heterocycles. The van der Waals surface area contributed by atoms with Crippen molar-refractivity contribution in [3.05, 3.63) is 142 Å². The first-order valence-electron chi connectivity index (χ1n) is 13.9. The molecule has 2 bridgehead atoms. The number of benzene rings is 4. The van der Waals surface area contributed by atoms with E-state index in [2.05, 4.69) is 141 Å². The van der Waals surface area contributed by atoms with Gasteiger partial charge in [0.2, 0.25) is 0 Å². The van der Waals surface area contributed by atoms with Gasteiger partial charge in [-0.15, -0.1) is 0 Å². The van der Waals surface area contributed by atoms with E-state index in [1.165, 1.54) is 44.5 Å². The minimum atomic E-state index is -0.0613. The van der Waals surface area contributed by atoms with Crippen LogP contribution in [0.5, 0.6) is 0 Å². The second kappa shape index (κ2) is 10.4. The van der Waals surface area contributed by atoms with Gasteiger partial charge in [-0.25, -0.2) is 0 Å². The molecular formula is C35H37N3O. The van der Waals surface area contributed by atoms with Crippen LogP contribution in [0.1, 0.15) is 68.7 Å². The Balaban J connectivity index is 1.54. The summed E-state index contributed by atoms with van der Waals surface area (Å²) in [6, 6.07) is 35.0. The third-order valence-electron chi connectivity index (χ3n) is 8.70. The topological polar surface area (TPSA) is 56.7 Å². The third-order valence-corrected chi connectivity index (χ3v) is 8.70. The van der Waals surface area contributed by atoms with Crippen LogP contribution in [0.4, 0.5) is 0 Å². The van der Waals surface area contributed by atoms with Gasteiger partial charge in [-0.05, 0) is 49.9 Å². The fourth-order valence-electron chi connectivity index (χ4n) is 6.53. The monoisotopic (exact) mass is 515 g/mol. The molecule has 3 N–H and O–H groups in total. The lowest BCUT2D eigenvalue weighted by Gasteiger charge is -2.54. The highest BCUT2D eigenvalue weighted by atomic mass is 16.4. The van der Waals surface area contributed by atoms with Crippen LogP contribution < -0.4 is 10.6 Å². The molecule has 2 heterocycles. The van der Waals surface area contributed by atoms with Crippen molar-refractivity contribution in [3.8, 4) is 0 Å². The van der Waals surface area contributed by atoms with E-state index in [4.69, 9.17) is 0 Å². The normalized spacial score (nSPS) is 26.3. The Hall–Kier alpha value is -3.73. The highest BCUT2D eigenvalue weighted by molar-refractivity contribution is 5.93. The fraction of sp³-hybridized carbons (Fsp3) is 0.286. The molecule has 4 atom stereocenters. The maximum atomic E-state index is 10.8. The molecule has 0 saturated carbocycles. The fourth-order valence-corrected chi connectivity index (χ4v) is 6.53. The number of nitrogens with zero attached hydrogens (tertiary/aromatic N) is 1. The minimum absolute atomic E-state index is 0.0307. The van der Waals surface area contributed by atoms with E-state index in [-0.39, 0.29) is 36.0 Å². The van der Waals surface area contributed by atoms with E-state index in [0.29, 0.717) is 0 Å². The van der Waals surface area contributed by atoms with Gasteiger partial charge in [0.1, 0.15) is 0 Å². The van der Waals surface area contributed by atoms with Gasteiger partial charge in [0.25, 0.3) is 0 Å². The summed E-state index contributed by atoms with van der Waals surface area (Å²) in [6.45, 7) is 8.47. The van der Waals surface area contributed by atoms with Crippen molar-refractivity contribution in [1.29, 1.82) is 0 Å². The Morgan fingerprint density at radius 1 is 0.436 bits per heavy atom. The molecule has 4 aromatic carbocycles. The molecule has 4 aromatic rings. The zero-order valence-electron chi connectivity index (χ0n) is 23.1. The summed E-state index contributed by atoms with van der Waals surface area (Å²) in [6.07, 6.45) is 0. The van der Waals surface area contributed by atoms with Gasteiger partial charge in [0.05, 0.1) is 5.71 Å². The lowest BCUT2D eigenvalue weighted by atomic mass is 9.63. The van der Waals surface area contributed by atoms with Crippen LogP contribution in [-0.4, -0.2) is 10.9 Å². The number of hydrogen-bond acceptors (Lipinski definition) is 4. The number of piperidine rings is 2. The van der Waals surface area contributed by atoms with Gasteiger partial charge < -0.3 is 15.8 Å². The molecule has 0 spiro atoms. The van der Waals surface area contributed by atoms with Crippen molar-refractivity contribution in [2.75, 3.05) is 0 Å². The molecule has 198 valence electrons. The Morgan fingerprint density at radius 2 is 0.667 bits per heavy atom. The molecule has 2 aliphatic rings. The number of rotatable bonds is 4. The Morgan fingerprint density at radius 3 is 0.872 bits per heavy atom. The summed E-state index contributed by atoms with van der Waals surface area (Å²) in [5.74, 6) is -0.123. The number of fused-ring (bicyclic) bond motifs is 2. The lowest BCUT2D eigenvalue weighted by molar-refractivity contribution is 0.149. The largest absolute Gasteiger partial charge is 0.411 e. The second-order valence-electron chi connectivity index (χ2n) is 11.5. The molecule has 39 heavy (non-hydrogen) atoms. The summed E-state index contributed by atoms with van der Waals surface area (Å²) in [5.41, 5.74) is 10.6. The van der Waals surface area contributed by atoms with Crippen LogP contribution in [-0.2, 0) is 0 Å². The van der Waals surface area contributed by atoms with Crippen molar-refractivity contribution < 1.29 is 5.21 Å². The van der Waals surface area contributed by atoms with Crippen molar-refractivity contribution >= 4 is 5.71 Å². The van der Waals surface area contributed by atoms with E-state index in [1.54, 1.807) is 0 Å². The van der Waals surface area contributed by atoms with E-state index in [0.717, 1.165) is 5.71 Å². The van der Waals surface area contributed by atoms with Gasteiger partial charge in [-0.1, -0.05) is 124 Å². The highest BCUT2D eigenvalue weighted by Gasteiger charge is 2.54. The Kier molecular flexibility index (Phi) is 6.84. The van der Waals surface area contributed by atoms with Gasteiger partial charge in [-0.3, -0.25) is 0 Å². The van der Waals surface area contributed by atoms with Crippen molar-refractivity contribution in [3.63, 3.8) is 0 Å². The van der Waals surface area contributed by atoms with Gasteiger partial charge in [0, 0.05) is 36.0 Å². The van der Waals surface area contributed by atoms with E-state index in [1.807, 2.05) is 0 Å². The van der Waals surface area contributed by atoms with Crippen LogP contribution >= 0.6 is 0 Å². The van der Waals surface area contributed by atoms with Gasteiger partial charge >= 0.3 is 0 Å². The van der Waals surface area contributed by atoms with Crippen molar-refractivity contribution in [1.82, 2.24) is 10.6 Å². The van der Waals surface area contributed by atoms with Crippen LogP contribution in [0.15, 0.2) is 102 Å². The molecule has 4 nitrogen and oxygen atoms in total. The van der Waals surface area contributed by atoms with Gasteiger partial charge in [-0.2, -0.15) is 0 Å². The molecule has 0 aliphatic carbocycles. The summed E-state index contributed by atoms with van der Waals surface area (Å²) >= 11 is 0. The first-order valence-corrected chi connectivity index (χ1v) is 13.9. The minimum Gasteiger partial charge on any atom is -0.411 e. The summed E-state index contributed by atoms with van der Waals surface area (Å²) < 4.78 is 0. The van der Waals surface area contributed by atoms with E-state index < -0.39 is 0 Å². The smallest absolute Gasteiger partial charge is 0.0708 e. The summed E-state index contributed by atoms with van der Waals surface area (Å²) in [7, 11) is 0. The van der Waals surface area contributed by atoms with Crippen LogP contribution in [0.25, 0.3) is 0 Å². The third kappa shape index (κ3) is 4.80. The Bertz CT molecular complexity index is 1240. The molecule has 2 saturated heterocycles. The number of aryl methyl sites for hydroxylation is 4. The van der Waals surface area contributed by atoms with Crippen LogP contribution in [0.3, 0.4) is 0 Å². The molecule has 2 fully saturated rings. The second-order valence-corrected chi connectivity index (χ2v) is 11.5. The standard InChI is InChI=1S/C35H37N3O/c1-21-5-13-25(14-6-21)31-29-32(26-15-7-22(2)8-16-26)37-34(28-19-11-24(4)12-20-28)30(35(29)38-39)33(36-31)27-17-9-23(3)10-18-27/h5-20,29-34,36-37,39H,1-4H3. The number of oxime groups is 1. The number of hydrogen-bond donors (Lipinski definition) is 3. The summed E-state index contributed by atoms with van der Waals surface area (Å²) in [5, 5.41) is 23.1. The number of nitrogens with one attached hydrogen (secondary N) is 2. The van der Waals surface area contributed by atoms with Crippen molar-refractivity contribution in [2.24, 2.45) is 17.0 Å². The molecule has 0 radical (unpaired) electrons. The predicted molar refractivity (Wildman–Crippen MR) is 158 cm³/mol. The molecule has 6 rings (SSSR count). The molecular weight excluding hydrogens is 478 g/mol. The predicted octanol–water partition coefficient (Wildman–Crippen LogP) is 7.45. The molecule has 0 amide bonds. The lowest BCUT2D eigenvalue weighted by Crippen LogP contribution is -2.60. The van der Waals surface area contributed by atoms with Crippen LogP contribution in [0.2, 0.25) is 0 Å². The molecule has 4 heteroatoms. The average molecular weight is 516 g/mol. The van der Waals surface area contributed by atoms with Crippen molar-refractivity contribution in [2.45, 2.75) is 51.9 Å². The highest BCUT2D eigenvalue weighted by Crippen LogP contribution is 2.52. The van der Waals surface area contributed by atoms with E-state index >= 15 is 0 Å². The van der Waals surface area contributed by atoms with Gasteiger partial charge in [0.15, 0.2) is 0 Å².